The van der Waals surface area contributed by atoms with E-state index in [-0.39, 0.29) is 24.7 Å². The monoisotopic (exact) mass is 641 g/mol. The molecule has 0 unspecified atom stereocenters. The minimum atomic E-state index is -0.931. The van der Waals surface area contributed by atoms with E-state index in [1.54, 1.807) is 13.0 Å². The minimum absolute atomic E-state index is 0.0262. The highest BCUT2D eigenvalue weighted by molar-refractivity contribution is 5.98. The Kier molecular flexibility index (Phi) is 10.4. The number of carbonyl (C=O) groups is 5. The number of fused-ring (bicyclic) bond motifs is 1. The Hall–Kier alpha value is -5.00. The van der Waals surface area contributed by atoms with Gasteiger partial charge in [-0.15, -0.1) is 0 Å². The van der Waals surface area contributed by atoms with Crippen LogP contribution >= 0.6 is 0 Å². The van der Waals surface area contributed by atoms with Crippen LogP contribution in [0.1, 0.15) is 55.2 Å². The van der Waals surface area contributed by atoms with Gasteiger partial charge >= 0.3 is 0 Å². The number of hydrogen-bond donors (Lipinski definition) is 4. The van der Waals surface area contributed by atoms with Crippen molar-refractivity contribution in [3.05, 3.63) is 77.5 Å². The fourth-order valence-corrected chi connectivity index (χ4v) is 6.17. The third-order valence-electron chi connectivity index (χ3n) is 8.72. The Morgan fingerprint density at radius 3 is 2.38 bits per heavy atom. The first-order chi connectivity index (χ1) is 22.5. The lowest BCUT2D eigenvalue weighted by Crippen LogP contribution is -2.58. The van der Waals surface area contributed by atoms with Crippen LogP contribution in [-0.2, 0) is 25.6 Å². The van der Waals surface area contributed by atoms with Crippen molar-refractivity contribution in [1.29, 1.82) is 0 Å². The quantitative estimate of drug-likeness (QED) is 0.335. The highest BCUT2D eigenvalue weighted by Crippen LogP contribution is 2.21. The summed E-state index contributed by atoms with van der Waals surface area (Å²) >= 11 is 0. The lowest BCUT2D eigenvalue weighted by Gasteiger charge is -2.30. The number of nitrogens with one attached hydrogen (secondary N) is 4. The van der Waals surface area contributed by atoms with Gasteiger partial charge in [-0.25, -0.2) is 0 Å². The number of aryl methyl sites for hydroxylation is 1. The van der Waals surface area contributed by atoms with E-state index in [1.165, 1.54) is 9.80 Å². The maximum Gasteiger partial charge on any atom is 0.272 e. The topological polar surface area (TPSA) is 157 Å². The predicted octanol–water partition coefficient (Wildman–Crippen LogP) is 2.20. The molecule has 2 aliphatic rings. The molecule has 0 spiro atoms. The fraction of sp³-hybridized carbons (Fsp3) is 0.429. The van der Waals surface area contributed by atoms with E-state index in [0.717, 1.165) is 16.7 Å². The number of rotatable bonds is 5. The van der Waals surface area contributed by atoms with Crippen molar-refractivity contribution < 1.29 is 24.0 Å². The van der Waals surface area contributed by atoms with E-state index in [2.05, 4.69) is 26.1 Å². The lowest BCUT2D eigenvalue weighted by atomic mass is 10.00. The molecule has 2 saturated heterocycles. The maximum atomic E-state index is 14.1. The van der Waals surface area contributed by atoms with Gasteiger partial charge in [0.25, 0.3) is 5.91 Å². The van der Waals surface area contributed by atoms with Crippen LogP contribution in [0.3, 0.4) is 0 Å². The van der Waals surface area contributed by atoms with Crippen molar-refractivity contribution in [2.45, 2.75) is 71.1 Å². The number of aromatic amines is 1. The van der Waals surface area contributed by atoms with E-state index in [4.69, 9.17) is 0 Å². The van der Waals surface area contributed by atoms with Gasteiger partial charge in [0.1, 0.15) is 23.8 Å². The summed E-state index contributed by atoms with van der Waals surface area (Å²) in [6.07, 6.45) is 1.44. The molecule has 0 radical (unpaired) electrons. The van der Waals surface area contributed by atoms with E-state index < -0.39 is 53.7 Å². The van der Waals surface area contributed by atoms with Gasteiger partial charge < -0.3 is 25.8 Å². The molecule has 4 N–H and O–H groups in total. The Morgan fingerprint density at radius 1 is 0.957 bits per heavy atom. The van der Waals surface area contributed by atoms with Crippen LogP contribution in [0.2, 0.25) is 0 Å². The molecule has 248 valence electrons. The molecular weight excluding hydrogens is 598 g/mol. The second-order valence-electron chi connectivity index (χ2n) is 12.8. The molecule has 2 aromatic carbocycles. The standard InChI is InChI=1S/C35H43N7O5/c1-21(2)31-33(45)37-26(17-24-9-6-5-7-10-24)19-41(35(47)28-18-27(39-40-28)25-14-12-22(3)13-15-25)20-30(43)36-23(4)34(46)42-16-8-11-29(42)32(44)38-31/h5-7,9-10,12-15,18,21,23,26,29,31H,8,11,16-17,19-20H2,1-4H3,(H,36,43)(H,37,45)(H,38,44)(H,39,40)/t23-,26-,29+,31-/m0/s1. The molecule has 4 atom stereocenters. The summed E-state index contributed by atoms with van der Waals surface area (Å²) in [4.78, 5) is 71.1. The summed E-state index contributed by atoms with van der Waals surface area (Å²) in [6, 6.07) is 15.7. The van der Waals surface area contributed by atoms with Crippen molar-refractivity contribution in [3.63, 3.8) is 0 Å². The minimum Gasteiger partial charge on any atom is -0.349 e. The number of H-pyrrole nitrogens is 1. The molecule has 1 aromatic heterocycles. The third kappa shape index (κ3) is 8.05. The van der Waals surface area contributed by atoms with Crippen LogP contribution in [0, 0.1) is 12.8 Å². The lowest BCUT2D eigenvalue weighted by molar-refractivity contribution is -0.142. The van der Waals surface area contributed by atoms with Gasteiger partial charge in [-0.3, -0.25) is 29.1 Å². The van der Waals surface area contributed by atoms with E-state index in [0.29, 0.717) is 31.5 Å². The van der Waals surface area contributed by atoms with Gasteiger partial charge in [0.15, 0.2) is 0 Å². The number of hydrogen-bond acceptors (Lipinski definition) is 6. The summed E-state index contributed by atoms with van der Waals surface area (Å²) in [7, 11) is 0. The zero-order valence-corrected chi connectivity index (χ0v) is 27.3. The largest absolute Gasteiger partial charge is 0.349 e. The first-order valence-corrected chi connectivity index (χ1v) is 16.2. The number of aromatic nitrogens is 2. The Bertz CT molecular complexity index is 1600. The second kappa shape index (κ2) is 14.6. The SMILES string of the molecule is Cc1ccc(-c2cc(C(=O)N3CC(=O)N[C@@H](C)C(=O)N4CCC[C@@H]4C(=O)N[C@@H](C(C)C)C(=O)N[C@@H](Cc4ccccc4)C3)[nH]n2)cc1. The summed E-state index contributed by atoms with van der Waals surface area (Å²) in [5, 5.41) is 15.8. The Labute approximate surface area is 274 Å². The molecule has 2 aliphatic heterocycles. The van der Waals surface area contributed by atoms with Crippen LogP contribution in [0.15, 0.2) is 60.7 Å². The van der Waals surface area contributed by atoms with E-state index in [1.807, 2.05) is 75.4 Å². The average Bonchev–Trinajstić information content (AvgIpc) is 3.74. The zero-order chi connectivity index (χ0) is 33.7. The van der Waals surface area contributed by atoms with Crippen molar-refractivity contribution in [2.24, 2.45) is 5.92 Å². The van der Waals surface area contributed by atoms with Gasteiger partial charge in [-0.05, 0) is 50.7 Å². The van der Waals surface area contributed by atoms with Gasteiger partial charge in [0.2, 0.25) is 23.6 Å². The molecule has 12 nitrogen and oxygen atoms in total. The van der Waals surface area contributed by atoms with Crippen molar-refractivity contribution in [3.8, 4) is 11.3 Å². The summed E-state index contributed by atoms with van der Waals surface area (Å²) in [6.45, 7) is 7.20. The molecule has 5 amide bonds. The van der Waals surface area contributed by atoms with Gasteiger partial charge in [-0.2, -0.15) is 5.10 Å². The summed E-state index contributed by atoms with van der Waals surface area (Å²) in [5.41, 5.74) is 3.57. The van der Waals surface area contributed by atoms with Crippen LogP contribution in [-0.4, -0.2) is 93.3 Å². The number of carbonyl (C=O) groups excluding carboxylic acids is 5. The van der Waals surface area contributed by atoms with Gasteiger partial charge in [0.05, 0.1) is 18.3 Å². The van der Waals surface area contributed by atoms with Gasteiger partial charge in [-0.1, -0.05) is 74.0 Å². The van der Waals surface area contributed by atoms with Crippen molar-refractivity contribution in [2.75, 3.05) is 19.6 Å². The number of nitrogens with zero attached hydrogens (tertiary/aromatic N) is 3. The van der Waals surface area contributed by atoms with Crippen LogP contribution in [0.5, 0.6) is 0 Å². The molecule has 5 rings (SSSR count). The highest BCUT2D eigenvalue weighted by atomic mass is 16.2. The molecule has 12 heteroatoms. The average molecular weight is 642 g/mol. The van der Waals surface area contributed by atoms with E-state index in [9.17, 15) is 24.0 Å². The van der Waals surface area contributed by atoms with Crippen LogP contribution in [0.25, 0.3) is 11.3 Å². The molecule has 47 heavy (non-hydrogen) atoms. The summed E-state index contributed by atoms with van der Waals surface area (Å²) in [5.74, 6) is -2.51. The molecule has 0 bridgehead atoms. The van der Waals surface area contributed by atoms with Gasteiger partial charge in [0, 0.05) is 18.7 Å². The number of amides is 5. The van der Waals surface area contributed by atoms with Crippen LogP contribution in [0.4, 0.5) is 0 Å². The highest BCUT2D eigenvalue weighted by Gasteiger charge is 2.39. The third-order valence-corrected chi connectivity index (χ3v) is 8.72. The van der Waals surface area contributed by atoms with Crippen molar-refractivity contribution >= 4 is 29.5 Å². The van der Waals surface area contributed by atoms with E-state index >= 15 is 0 Å². The fourth-order valence-electron chi connectivity index (χ4n) is 6.17. The molecule has 0 saturated carbocycles. The Balaban J connectivity index is 1.49. The maximum absolute atomic E-state index is 14.1. The van der Waals surface area contributed by atoms with Crippen LogP contribution < -0.4 is 16.0 Å². The predicted molar refractivity (Wildman–Crippen MR) is 176 cm³/mol. The molecule has 2 fully saturated rings. The Morgan fingerprint density at radius 2 is 1.68 bits per heavy atom. The number of benzene rings is 2. The molecule has 3 heterocycles. The first-order valence-electron chi connectivity index (χ1n) is 16.2. The molecular formula is C35H43N7O5. The smallest absolute Gasteiger partial charge is 0.272 e. The molecule has 3 aromatic rings. The van der Waals surface area contributed by atoms with Crippen molar-refractivity contribution in [1.82, 2.24) is 35.9 Å². The zero-order valence-electron chi connectivity index (χ0n) is 27.3. The normalized spacial score (nSPS) is 23.0. The molecule has 0 aliphatic carbocycles. The first kappa shape index (κ1) is 33.4. The second-order valence-corrected chi connectivity index (χ2v) is 12.8. The summed E-state index contributed by atoms with van der Waals surface area (Å²) < 4.78 is 0.